The second-order valence-corrected chi connectivity index (χ2v) is 5.14. The Bertz CT molecular complexity index is 361. The van der Waals surface area contributed by atoms with Gasteiger partial charge in [-0.1, -0.05) is 12.1 Å². The number of ether oxygens (including phenoxy) is 2. The first-order valence-corrected chi connectivity index (χ1v) is 7.00. The van der Waals surface area contributed by atoms with E-state index >= 15 is 0 Å². The number of aryl methyl sites for hydroxylation is 1. The van der Waals surface area contributed by atoms with Crippen LogP contribution in [0.3, 0.4) is 0 Å². The van der Waals surface area contributed by atoms with Crippen molar-refractivity contribution >= 4 is 0 Å². The molecule has 1 aliphatic rings. The molecule has 4 nitrogen and oxygen atoms in total. The summed E-state index contributed by atoms with van der Waals surface area (Å²) >= 11 is 0. The number of methoxy groups -OCH3 is 1. The normalized spacial score (nSPS) is 21.1. The number of hydrazine groups is 1. The van der Waals surface area contributed by atoms with Gasteiger partial charge >= 0.3 is 0 Å². The Balaban J connectivity index is 1.84. The van der Waals surface area contributed by atoms with Gasteiger partial charge in [0.1, 0.15) is 5.75 Å². The van der Waals surface area contributed by atoms with Crippen LogP contribution < -0.4 is 16.0 Å². The summed E-state index contributed by atoms with van der Waals surface area (Å²) in [4.78, 5) is 0. The van der Waals surface area contributed by atoms with Gasteiger partial charge in [0.2, 0.25) is 0 Å². The quantitative estimate of drug-likeness (QED) is 0.608. The molecular formula is C15H24N2O2. The van der Waals surface area contributed by atoms with Crippen LogP contribution >= 0.6 is 0 Å². The van der Waals surface area contributed by atoms with Gasteiger partial charge in [-0.2, -0.15) is 0 Å². The summed E-state index contributed by atoms with van der Waals surface area (Å²) in [5.41, 5.74) is 4.28. The van der Waals surface area contributed by atoms with Crippen LogP contribution in [-0.4, -0.2) is 26.4 Å². The van der Waals surface area contributed by atoms with E-state index in [1.165, 1.54) is 12.0 Å². The van der Waals surface area contributed by atoms with Gasteiger partial charge in [-0.3, -0.25) is 11.3 Å². The summed E-state index contributed by atoms with van der Waals surface area (Å²) in [7, 11) is 1.69. The molecule has 0 amide bonds. The molecule has 4 heteroatoms. The van der Waals surface area contributed by atoms with Crippen LogP contribution in [-0.2, 0) is 11.2 Å². The minimum atomic E-state index is 0.336. The molecular weight excluding hydrogens is 240 g/mol. The molecule has 1 heterocycles. The molecule has 1 aromatic rings. The topological polar surface area (TPSA) is 56.5 Å². The first-order valence-electron chi connectivity index (χ1n) is 7.00. The van der Waals surface area contributed by atoms with E-state index in [0.29, 0.717) is 12.0 Å². The minimum absolute atomic E-state index is 0.336. The maximum Gasteiger partial charge on any atom is 0.118 e. The second kappa shape index (κ2) is 7.48. The van der Waals surface area contributed by atoms with Crippen molar-refractivity contribution in [3.8, 4) is 5.75 Å². The van der Waals surface area contributed by atoms with E-state index in [4.69, 9.17) is 15.3 Å². The minimum Gasteiger partial charge on any atom is -0.497 e. The SMILES string of the molecule is COc1ccc(CCC(NN)C2CCCOC2)cc1. The van der Waals surface area contributed by atoms with Gasteiger partial charge in [-0.15, -0.1) is 0 Å². The third-order valence-corrected chi connectivity index (χ3v) is 3.88. The molecule has 1 aliphatic heterocycles. The van der Waals surface area contributed by atoms with Crippen LogP contribution in [0.4, 0.5) is 0 Å². The Labute approximate surface area is 115 Å². The van der Waals surface area contributed by atoms with E-state index in [1.807, 2.05) is 12.1 Å². The molecule has 106 valence electrons. The van der Waals surface area contributed by atoms with Gasteiger partial charge in [0, 0.05) is 12.6 Å². The molecule has 2 unspecified atom stereocenters. The van der Waals surface area contributed by atoms with Crippen LogP contribution in [0.25, 0.3) is 0 Å². The molecule has 2 rings (SSSR count). The number of hydrogen-bond acceptors (Lipinski definition) is 4. The average Bonchev–Trinajstić information content (AvgIpc) is 2.49. The van der Waals surface area contributed by atoms with Crippen LogP contribution in [0.2, 0.25) is 0 Å². The van der Waals surface area contributed by atoms with E-state index in [2.05, 4.69) is 17.6 Å². The van der Waals surface area contributed by atoms with E-state index in [-0.39, 0.29) is 0 Å². The van der Waals surface area contributed by atoms with E-state index in [9.17, 15) is 0 Å². The molecule has 0 saturated carbocycles. The lowest BCUT2D eigenvalue weighted by Gasteiger charge is -2.29. The van der Waals surface area contributed by atoms with Crippen molar-refractivity contribution in [1.29, 1.82) is 0 Å². The zero-order valence-corrected chi connectivity index (χ0v) is 11.6. The molecule has 1 fully saturated rings. The van der Waals surface area contributed by atoms with E-state index < -0.39 is 0 Å². The van der Waals surface area contributed by atoms with Gasteiger partial charge in [0.05, 0.1) is 13.7 Å². The van der Waals surface area contributed by atoms with Crippen LogP contribution in [0.15, 0.2) is 24.3 Å². The molecule has 0 aliphatic carbocycles. The Morgan fingerprint density at radius 2 is 2.21 bits per heavy atom. The summed E-state index contributed by atoms with van der Waals surface area (Å²) < 4.78 is 10.7. The van der Waals surface area contributed by atoms with Gasteiger partial charge < -0.3 is 9.47 Å². The molecule has 19 heavy (non-hydrogen) atoms. The van der Waals surface area contributed by atoms with Gasteiger partial charge in [0.25, 0.3) is 0 Å². The largest absolute Gasteiger partial charge is 0.497 e. The average molecular weight is 264 g/mol. The van der Waals surface area contributed by atoms with Crippen molar-refractivity contribution in [3.63, 3.8) is 0 Å². The van der Waals surface area contributed by atoms with Crippen LogP contribution in [0, 0.1) is 5.92 Å². The molecule has 1 saturated heterocycles. The maximum absolute atomic E-state index is 5.69. The first kappa shape index (κ1) is 14.3. The van der Waals surface area contributed by atoms with Gasteiger partial charge in [0.15, 0.2) is 0 Å². The van der Waals surface area contributed by atoms with E-state index in [0.717, 1.165) is 38.2 Å². The number of nitrogens with two attached hydrogens (primary N) is 1. The lowest BCUT2D eigenvalue weighted by atomic mass is 9.90. The number of benzene rings is 1. The lowest BCUT2D eigenvalue weighted by molar-refractivity contribution is 0.0380. The fraction of sp³-hybridized carbons (Fsp3) is 0.600. The summed E-state index contributed by atoms with van der Waals surface area (Å²) in [5, 5.41) is 0. The van der Waals surface area contributed by atoms with Crippen molar-refractivity contribution in [2.45, 2.75) is 31.7 Å². The summed E-state index contributed by atoms with van der Waals surface area (Å²) in [6.45, 7) is 1.73. The fourth-order valence-corrected chi connectivity index (χ4v) is 2.65. The highest BCUT2D eigenvalue weighted by molar-refractivity contribution is 5.27. The lowest BCUT2D eigenvalue weighted by Crippen LogP contribution is -2.44. The van der Waals surface area contributed by atoms with Crippen molar-refractivity contribution < 1.29 is 9.47 Å². The monoisotopic (exact) mass is 264 g/mol. The van der Waals surface area contributed by atoms with Crippen LogP contribution in [0.1, 0.15) is 24.8 Å². The summed E-state index contributed by atoms with van der Waals surface area (Å²) in [6, 6.07) is 8.57. The smallest absolute Gasteiger partial charge is 0.118 e. The van der Waals surface area contributed by atoms with Gasteiger partial charge in [-0.25, -0.2) is 0 Å². The van der Waals surface area contributed by atoms with Crippen LogP contribution in [0.5, 0.6) is 5.75 Å². The standard InChI is InChI=1S/C15H24N2O2/c1-18-14-7-4-12(5-8-14)6-9-15(17-16)13-3-2-10-19-11-13/h4-5,7-8,13,15,17H,2-3,6,9-11,16H2,1H3. The zero-order chi connectivity index (χ0) is 13.5. The maximum atomic E-state index is 5.69. The molecule has 2 atom stereocenters. The Morgan fingerprint density at radius 3 is 2.79 bits per heavy atom. The third-order valence-electron chi connectivity index (χ3n) is 3.88. The molecule has 0 aromatic heterocycles. The zero-order valence-electron chi connectivity index (χ0n) is 11.6. The molecule has 1 aromatic carbocycles. The number of hydrogen-bond donors (Lipinski definition) is 2. The Kier molecular flexibility index (Phi) is 5.63. The predicted molar refractivity (Wildman–Crippen MR) is 76.0 cm³/mol. The summed E-state index contributed by atoms with van der Waals surface area (Å²) in [5.74, 6) is 7.13. The fourth-order valence-electron chi connectivity index (χ4n) is 2.65. The number of nitrogens with one attached hydrogen (secondary N) is 1. The predicted octanol–water partition coefficient (Wildman–Crippen LogP) is 1.89. The first-order chi connectivity index (χ1) is 9.33. The van der Waals surface area contributed by atoms with Gasteiger partial charge in [-0.05, 0) is 49.3 Å². The Morgan fingerprint density at radius 1 is 1.42 bits per heavy atom. The highest BCUT2D eigenvalue weighted by Gasteiger charge is 2.22. The molecule has 3 N–H and O–H groups in total. The second-order valence-electron chi connectivity index (χ2n) is 5.14. The Hall–Kier alpha value is -1.10. The van der Waals surface area contributed by atoms with Crippen molar-refractivity contribution in [1.82, 2.24) is 5.43 Å². The molecule has 0 bridgehead atoms. The highest BCUT2D eigenvalue weighted by Crippen LogP contribution is 2.21. The van der Waals surface area contributed by atoms with E-state index in [1.54, 1.807) is 7.11 Å². The van der Waals surface area contributed by atoms with Crippen molar-refractivity contribution in [2.24, 2.45) is 11.8 Å². The third kappa shape index (κ3) is 4.20. The van der Waals surface area contributed by atoms with Crippen molar-refractivity contribution in [3.05, 3.63) is 29.8 Å². The highest BCUT2D eigenvalue weighted by atomic mass is 16.5. The molecule has 0 radical (unpaired) electrons. The number of rotatable bonds is 6. The summed E-state index contributed by atoms with van der Waals surface area (Å²) in [6.07, 6.45) is 4.41. The molecule has 0 spiro atoms. The van der Waals surface area contributed by atoms with Crippen molar-refractivity contribution in [2.75, 3.05) is 20.3 Å².